The van der Waals surface area contributed by atoms with Crippen LogP contribution in [0.3, 0.4) is 0 Å². The summed E-state index contributed by atoms with van der Waals surface area (Å²) in [6.07, 6.45) is 2.42. The van der Waals surface area contributed by atoms with E-state index < -0.39 is 10.0 Å². The first-order chi connectivity index (χ1) is 13.3. The minimum atomic E-state index is -3.57. The summed E-state index contributed by atoms with van der Waals surface area (Å²) in [5.74, 6) is 0.0634. The minimum absolute atomic E-state index is 0.179. The fourth-order valence-corrected chi connectivity index (χ4v) is 6.15. The van der Waals surface area contributed by atoms with Gasteiger partial charge in [0.25, 0.3) is 5.91 Å². The Kier molecular flexibility index (Phi) is 4.79. The van der Waals surface area contributed by atoms with Crippen molar-refractivity contribution >= 4 is 15.9 Å². The molecule has 1 amide bonds. The monoisotopic (exact) mass is 402 g/mol. The van der Waals surface area contributed by atoms with E-state index in [0.29, 0.717) is 23.1 Å². The highest BCUT2D eigenvalue weighted by molar-refractivity contribution is 7.89. The molecule has 0 unspecified atom stereocenters. The van der Waals surface area contributed by atoms with Crippen molar-refractivity contribution in [2.24, 2.45) is 5.92 Å². The van der Waals surface area contributed by atoms with Gasteiger partial charge < -0.3 is 5.32 Å². The second-order valence-electron chi connectivity index (χ2n) is 7.81. The van der Waals surface area contributed by atoms with Gasteiger partial charge in [-0.3, -0.25) is 9.89 Å². The number of nitrogens with one attached hydrogen (secondary N) is 2. The van der Waals surface area contributed by atoms with E-state index in [-0.39, 0.29) is 18.0 Å². The first kappa shape index (κ1) is 19.1. The van der Waals surface area contributed by atoms with Crippen molar-refractivity contribution in [3.8, 4) is 0 Å². The first-order valence-electron chi connectivity index (χ1n) is 9.76. The molecule has 28 heavy (non-hydrogen) atoms. The second-order valence-corrected chi connectivity index (χ2v) is 9.70. The number of benzene rings is 1. The van der Waals surface area contributed by atoms with Gasteiger partial charge in [0.05, 0.1) is 4.90 Å². The van der Waals surface area contributed by atoms with Crippen LogP contribution in [0.1, 0.15) is 47.1 Å². The number of aryl methyl sites for hydroxylation is 2. The van der Waals surface area contributed by atoms with Crippen molar-refractivity contribution in [1.82, 2.24) is 19.8 Å². The summed E-state index contributed by atoms with van der Waals surface area (Å²) in [5, 5.41) is 10.1. The molecule has 2 aliphatic rings. The largest absolute Gasteiger partial charge is 0.346 e. The zero-order valence-corrected chi connectivity index (χ0v) is 17.2. The minimum Gasteiger partial charge on any atom is -0.346 e. The Morgan fingerprint density at radius 2 is 2.00 bits per heavy atom. The molecule has 0 bridgehead atoms. The molecular weight excluding hydrogens is 376 g/mol. The van der Waals surface area contributed by atoms with Crippen molar-refractivity contribution in [1.29, 1.82) is 0 Å². The van der Waals surface area contributed by atoms with Gasteiger partial charge in [0.2, 0.25) is 10.0 Å². The van der Waals surface area contributed by atoms with Gasteiger partial charge in [0.1, 0.15) is 0 Å². The maximum absolute atomic E-state index is 13.1. The van der Waals surface area contributed by atoms with E-state index in [0.717, 1.165) is 36.1 Å². The molecule has 1 saturated heterocycles. The molecule has 8 heteroatoms. The molecule has 4 rings (SSSR count). The third-order valence-corrected chi connectivity index (χ3v) is 8.04. The summed E-state index contributed by atoms with van der Waals surface area (Å²) in [5.41, 5.74) is 3.21. The van der Waals surface area contributed by atoms with Gasteiger partial charge in [0, 0.05) is 29.9 Å². The lowest BCUT2D eigenvalue weighted by Gasteiger charge is -2.43. The van der Waals surface area contributed by atoms with E-state index >= 15 is 0 Å². The number of hydrogen-bond acceptors (Lipinski definition) is 4. The molecule has 150 valence electrons. The van der Waals surface area contributed by atoms with Gasteiger partial charge in [-0.05, 0) is 51.2 Å². The molecule has 1 saturated carbocycles. The number of carbonyl (C=O) groups is 1. The average Bonchev–Trinajstić information content (AvgIpc) is 3.20. The van der Waals surface area contributed by atoms with Crippen molar-refractivity contribution in [2.75, 3.05) is 6.54 Å². The number of amides is 1. The van der Waals surface area contributed by atoms with E-state index in [1.807, 2.05) is 32.9 Å². The van der Waals surface area contributed by atoms with Crippen LogP contribution in [-0.2, 0) is 16.4 Å². The smallest absolute Gasteiger partial charge is 0.272 e. The molecule has 2 fully saturated rings. The average molecular weight is 403 g/mol. The van der Waals surface area contributed by atoms with Gasteiger partial charge >= 0.3 is 0 Å². The Morgan fingerprint density at radius 3 is 2.64 bits per heavy atom. The third-order valence-electron chi connectivity index (χ3n) is 6.13. The van der Waals surface area contributed by atoms with Crippen molar-refractivity contribution in [3.05, 3.63) is 46.8 Å². The standard InChI is InChI=1S/C20H26N4O3S/c1-4-16-13(3)18(23-22-16)20(25)21-17-11-14-9-10-24(19(14)17)28(26,27)15-7-5-12(2)6-8-15/h5-8,14,17,19H,4,9-11H2,1-3H3,(H,21,25)(H,22,23)/t14-,17+,19-/m1/s1. The van der Waals surface area contributed by atoms with E-state index in [9.17, 15) is 13.2 Å². The summed E-state index contributed by atoms with van der Waals surface area (Å²) < 4.78 is 27.8. The maximum atomic E-state index is 13.1. The lowest BCUT2D eigenvalue weighted by molar-refractivity contribution is 0.0813. The Morgan fingerprint density at radius 1 is 1.29 bits per heavy atom. The number of hydrogen-bond donors (Lipinski definition) is 2. The molecule has 1 aliphatic carbocycles. The molecular formula is C20H26N4O3S. The van der Waals surface area contributed by atoms with E-state index in [4.69, 9.17) is 0 Å². The van der Waals surface area contributed by atoms with Gasteiger partial charge in [0.15, 0.2) is 5.69 Å². The Hall–Kier alpha value is -2.19. The molecule has 7 nitrogen and oxygen atoms in total. The first-order valence-corrected chi connectivity index (χ1v) is 11.2. The highest BCUT2D eigenvalue weighted by Gasteiger charge is 2.53. The highest BCUT2D eigenvalue weighted by atomic mass is 32.2. The molecule has 2 heterocycles. The number of H-pyrrole nitrogens is 1. The number of rotatable bonds is 5. The predicted octanol–water partition coefficient (Wildman–Crippen LogP) is 2.17. The van der Waals surface area contributed by atoms with Crippen molar-refractivity contribution < 1.29 is 13.2 Å². The third kappa shape index (κ3) is 3.04. The zero-order chi connectivity index (χ0) is 20.1. The number of nitrogens with zero attached hydrogens (tertiary/aromatic N) is 2. The van der Waals surface area contributed by atoms with Crippen LogP contribution in [0, 0.1) is 19.8 Å². The molecule has 0 radical (unpaired) electrons. The highest BCUT2D eigenvalue weighted by Crippen LogP contribution is 2.43. The molecule has 1 aliphatic heterocycles. The molecule has 1 aromatic carbocycles. The molecule has 0 spiro atoms. The molecule has 2 N–H and O–H groups in total. The number of sulfonamides is 1. The Balaban J connectivity index is 1.52. The summed E-state index contributed by atoms with van der Waals surface area (Å²) in [6.45, 7) is 6.32. The quantitative estimate of drug-likeness (QED) is 0.801. The van der Waals surface area contributed by atoms with Gasteiger partial charge in [-0.1, -0.05) is 24.6 Å². The van der Waals surface area contributed by atoms with E-state index in [1.54, 1.807) is 16.4 Å². The van der Waals surface area contributed by atoms with Crippen LogP contribution in [0.15, 0.2) is 29.2 Å². The summed E-state index contributed by atoms with van der Waals surface area (Å²) >= 11 is 0. The second kappa shape index (κ2) is 7.00. The molecule has 3 atom stereocenters. The lowest BCUT2D eigenvalue weighted by Crippen LogP contribution is -2.60. The topological polar surface area (TPSA) is 95.2 Å². The van der Waals surface area contributed by atoms with Gasteiger partial charge in [-0.2, -0.15) is 9.40 Å². The number of aromatic nitrogens is 2. The van der Waals surface area contributed by atoms with E-state index in [2.05, 4.69) is 15.5 Å². The lowest BCUT2D eigenvalue weighted by atomic mass is 9.76. The SMILES string of the molecule is CCc1[nH]nc(C(=O)N[C@H]2C[C@H]3CCN(S(=O)(=O)c4ccc(C)cc4)[C@H]32)c1C. The van der Waals surface area contributed by atoms with Crippen molar-refractivity contribution in [2.45, 2.75) is 57.0 Å². The van der Waals surface area contributed by atoms with Crippen molar-refractivity contribution in [3.63, 3.8) is 0 Å². The van der Waals surface area contributed by atoms with Crippen LogP contribution >= 0.6 is 0 Å². The summed E-state index contributed by atoms with van der Waals surface area (Å²) in [6, 6.07) is 6.58. The maximum Gasteiger partial charge on any atom is 0.272 e. The van der Waals surface area contributed by atoms with Gasteiger partial charge in [-0.25, -0.2) is 8.42 Å². The fraction of sp³-hybridized carbons (Fsp3) is 0.500. The summed E-state index contributed by atoms with van der Waals surface area (Å²) in [7, 11) is -3.57. The zero-order valence-electron chi connectivity index (χ0n) is 16.4. The van der Waals surface area contributed by atoms with Crippen LogP contribution in [0.25, 0.3) is 0 Å². The number of fused-ring (bicyclic) bond motifs is 1. The van der Waals surface area contributed by atoms with Crippen LogP contribution < -0.4 is 5.32 Å². The normalized spacial score (nSPS) is 24.6. The van der Waals surface area contributed by atoms with Crippen LogP contribution in [-0.4, -0.2) is 47.5 Å². The predicted molar refractivity (Wildman–Crippen MR) is 106 cm³/mol. The van der Waals surface area contributed by atoms with E-state index in [1.165, 1.54) is 0 Å². The number of aromatic amines is 1. The summed E-state index contributed by atoms with van der Waals surface area (Å²) in [4.78, 5) is 13.0. The molecule has 2 aromatic rings. The number of carbonyl (C=O) groups excluding carboxylic acids is 1. The fourth-order valence-electron chi connectivity index (χ4n) is 4.41. The van der Waals surface area contributed by atoms with Crippen LogP contribution in [0.4, 0.5) is 0 Å². The Bertz CT molecular complexity index is 997. The van der Waals surface area contributed by atoms with Crippen LogP contribution in [0.5, 0.6) is 0 Å². The van der Waals surface area contributed by atoms with Gasteiger partial charge in [-0.15, -0.1) is 0 Å². The molecule has 1 aromatic heterocycles. The van der Waals surface area contributed by atoms with Crippen LogP contribution in [0.2, 0.25) is 0 Å². The Labute approximate surface area is 165 Å².